The molecule has 1 heterocycles. The third-order valence-electron chi connectivity index (χ3n) is 3.66. The van der Waals surface area contributed by atoms with Crippen molar-refractivity contribution in [3.8, 4) is 12.1 Å². The topological polar surface area (TPSA) is 79.9 Å². The summed E-state index contributed by atoms with van der Waals surface area (Å²) in [7, 11) is 0. The molecule has 0 saturated carbocycles. The Morgan fingerprint density at radius 2 is 1.76 bits per heavy atom. The van der Waals surface area contributed by atoms with Crippen LogP contribution in [0, 0.1) is 22.7 Å². The smallest absolute Gasteiger partial charge is 0.241 e. The molecule has 1 N–H and O–H groups in total. The van der Waals surface area contributed by atoms with Gasteiger partial charge in [0.2, 0.25) is 5.91 Å². The van der Waals surface area contributed by atoms with E-state index in [-0.39, 0.29) is 12.5 Å². The minimum absolute atomic E-state index is 0.0831. The lowest BCUT2D eigenvalue weighted by Crippen LogP contribution is -2.36. The molecule has 1 fully saturated rings. The SMILES string of the molecule is N#Cc1ccc(NCC(=O)N2CCCCCC2)cc1C#N. The molecule has 21 heavy (non-hydrogen) atoms. The number of benzene rings is 1. The van der Waals surface area contributed by atoms with Crippen molar-refractivity contribution in [3.63, 3.8) is 0 Å². The first-order valence-electron chi connectivity index (χ1n) is 7.20. The Labute approximate surface area is 124 Å². The molecular formula is C16H18N4O. The lowest BCUT2D eigenvalue weighted by Gasteiger charge is -2.20. The van der Waals surface area contributed by atoms with Crippen LogP contribution in [0.2, 0.25) is 0 Å². The fourth-order valence-electron chi connectivity index (χ4n) is 2.45. The van der Waals surface area contributed by atoms with Gasteiger partial charge in [-0.3, -0.25) is 4.79 Å². The van der Waals surface area contributed by atoms with Crippen LogP contribution in [-0.2, 0) is 4.79 Å². The van der Waals surface area contributed by atoms with E-state index in [0.29, 0.717) is 16.8 Å². The van der Waals surface area contributed by atoms with Gasteiger partial charge >= 0.3 is 0 Å². The van der Waals surface area contributed by atoms with Gasteiger partial charge in [-0.15, -0.1) is 0 Å². The van der Waals surface area contributed by atoms with Gasteiger partial charge in [0.1, 0.15) is 12.1 Å². The summed E-state index contributed by atoms with van der Waals surface area (Å²) in [6, 6.07) is 8.88. The molecule has 5 heteroatoms. The van der Waals surface area contributed by atoms with Crippen LogP contribution in [0.1, 0.15) is 36.8 Å². The van der Waals surface area contributed by atoms with Crippen molar-refractivity contribution in [1.82, 2.24) is 4.90 Å². The Morgan fingerprint density at radius 1 is 1.10 bits per heavy atom. The summed E-state index contributed by atoms with van der Waals surface area (Å²) in [5, 5.41) is 20.9. The first-order valence-corrected chi connectivity index (χ1v) is 7.20. The average molecular weight is 282 g/mol. The summed E-state index contributed by atoms with van der Waals surface area (Å²) < 4.78 is 0. The van der Waals surface area contributed by atoms with Crippen molar-refractivity contribution < 1.29 is 4.79 Å². The Kier molecular flexibility index (Phi) is 5.17. The number of rotatable bonds is 3. The van der Waals surface area contributed by atoms with E-state index in [4.69, 9.17) is 10.5 Å². The standard InChI is InChI=1S/C16H18N4O/c17-10-13-5-6-15(9-14(13)11-18)19-12-16(21)20-7-3-1-2-4-8-20/h5-6,9,19H,1-4,7-8,12H2. The molecule has 1 amide bonds. The van der Waals surface area contributed by atoms with Crippen molar-refractivity contribution in [1.29, 1.82) is 10.5 Å². The zero-order valence-electron chi connectivity index (χ0n) is 11.9. The van der Waals surface area contributed by atoms with Gasteiger partial charge in [0.05, 0.1) is 17.7 Å². The van der Waals surface area contributed by atoms with E-state index < -0.39 is 0 Å². The number of carbonyl (C=O) groups is 1. The molecule has 0 aromatic heterocycles. The van der Waals surface area contributed by atoms with Crippen molar-refractivity contribution in [2.45, 2.75) is 25.7 Å². The number of carbonyl (C=O) groups excluding carboxylic acids is 1. The highest BCUT2D eigenvalue weighted by atomic mass is 16.2. The minimum Gasteiger partial charge on any atom is -0.376 e. The molecule has 1 aliphatic rings. The Morgan fingerprint density at radius 3 is 2.38 bits per heavy atom. The van der Waals surface area contributed by atoms with E-state index in [1.54, 1.807) is 18.2 Å². The number of hydrogen-bond acceptors (Lipinski definition) is 4. The second kappa shape index (κ2) is 7.31. The van der Waals surface area contributed by atoms with Crippen molar-refractivity contribution >= 4 is 11.6 Å². The highest BCUT2D eigenvalue weighted by Crippen LogP contribution is 2.15. The molecule has 0 spiro atoms. The molecule has 1 saturated heterocycles. The molecule has 1 aromatic rings. The summed E-state index contributed by atoms with van der Waals surface area (Å²) in [5.41, 5.74) is 1.36. The largest absolute Gasteiger partial charge is 0.376 e. The van der Waals surface area contributed by atoms with Gasteiger partial charge in [-0.25, -0.2) is 0 Å². The van der Waals surface area contributed by atoms with Crippen LogP contribution in [-0.4, -0.2) is 30.4 Å². The third kappa shape index (κ3) is 3.97. The third-order valence-corrected chi connectivity index (χ3v) is 3.66. The van der Waals surface area contributed by atoms with Gasteiger partial charge in [-0.05, 0) is 31.0 Å². The summed E-state index contributed by atoms with van der Waals surface area (Å²) in [5.74, 6) is 0.0831. The fraction of sp³-hybridized carbons (Fsp3) is 0.438. The molecule has 0 aliphatic carbocycles. The van der Waals surface area contributed by atoms with E-state index in [9.17, 15) is 4.79 Å². The normalized spacial score (nSPS) is 14.7. The molecule has 2 rings (SSSR count). The van der Waals surface area contributed by atoms with E-state index in [0.717, 1.165) is 25.9 Å². The van der Waals surface area contributed by atoms with Gasteiger partial charge in [0.25, 0.3) is 0 Å². The predicted molar refractivity (Wildman–Crippen MR) is 79.4 cm³/mol. The Balaban J connectivity index is 1.95. The Bertz CT molecular complexity index is 589. The first kappa shape index (κ1) is 14.9. The maximum absolute atomic E-state index is 12.1. The van der Waals surface area contributed by atoms with Crippen molar-refractivity contribution in [3.05, 3.63) is 29.3 Å². The lowest BCUT2D eigenvalue weighted by molar-refractivity contribution is -0.129. The Hall–Kier alpha value is -2.53. The zero-order valence-corrected chi connectivity index (χ0v) is 11.9. The molecule has 0 unspecified atom stereocenters. The number of nitriles is 2. The van der Waals surface area contributed by atoms with E-state index in [1.165, 1.54) is 12.8 Å². The van der Waals surface area contributed by atoms with E-state index in [2.05, 4.69) is 5.32 Å². The van der Waals surface area contributed by atoms with Crippen LogP contribution in [0.5, 0.6) is 0 Å². The number of nitrogens with zero attached hydrogens (tertiary/aromatic N) is 3. The number of anilines is 1. The molecular weight excluding hydrogens is 264 g/mol. The number of amides is 1. The average Bonchev–Trinajstić information content (AvgIpc) is 2.81. The molecule has 1 aliphatic heterocycles. The fourth-order valence-corrected chi connectivity index (χ4v) is 2.45. The summed E-state index contributed by atoms with van der Waals surface area (Å²) in [6.45, 7) is 1.88. The molecule has 0 atom stereocenters. The molecule has 108 valence electrons. The monoisotopic (exact) mass is 282 g/mol. The zero-order chi connectivity index (χ0) is 15.1. The summed E-state index contributed by atoms with van der Waals surface area (Å²) in [4.78, 5) is 14.0. The van der Waals surface area contributed by atoms with Crippen LogP contribution in [0.25, 0.3) is 0 Å². The quantitative estimate of drug-likeness (QED) is 0.922. The van der Waals surface area contributed by atoms with Gasteiger partial charge < -0.3 is 10.2 Å². The number of likely N-dealkylation sites (tertiary alicyclic amines) is 1. The van der Waals surface area contributed by atoms with Gasteiger partial charge in [0.15, 0.2) is 0 Å². The van der Waals surface area contributed by atoms with E-state index >= 15 is 0 Å². The minimum atomic E-state index is 0.0831. The second-order valence-electron chi connectivity index (χ2n) is 5.13. The maximum atomic E-state index is 12.1. The lowest BCUT2D eigenvalue weighted by atomic mass is 10.1. The van der Waals surface area contributed by atoms with Crippen LogP contribution in [0.3, 0.4) is 0 Å². The van der Waals surface area contributed by atoms with E-state index in [1.807, 2.05) is 17.0 Å². The van der Waals surface area contributed by atoms with Crippen LogP contribution < -0.4 is 5.32 Å². The predicted octanol–water partition coefficient (Wildman–Crippen LogP) is 2.24. The maximum Gasteiger partial charge on any atom is 0.241 e. The molecule has 0 radical (unpaired) electrons. The van der Waals surface area contributed by atoms with Crippen LogP contribution >= 0.6 is 0 Å². The van der Waals surface area contributed by atoms with Crippen molar-refractivity contribution in [2.75, 3.05) is 25.0 Å². The highest BCUT2D eigenvalue weighted by molar-refractivity contribution is 5.81. The molecule has 5 nitrogen and oxygen atoms in total. The van der Waals surface area contributed by atoms with Gasteiger partial charge in [-0.2, -0.15) is 10.5 Å². The molecule has 0 bridgehead atoms. The second-order valence-corrected chi connectivity index (χ2v) is 5.13. The summed E-state index contributed by atoms with van der Waals surface area (Å²) >= 11 is 0. The van der Waals surface area contributed by atoms with Gasteiger partial charge in [-0.1, -0.05) is 12.8 Å². The first-order chi connectivity index (χ1) is 10.2. The summed E-state index contributed by atoms with van der Waals surface area (Å²) in [6.07, 6.45) is 4.53. The number of nitrogens with one attached hydrogen (secondary N) is 1. The molecule has 1 aromatic carbocycles. The van der Waals surface area contributed by atoms with Crippen LogP contribution in [0.15, 0.2) is 18.2 Å². The van der Waals surface area contributed by atoms with Crippen molar-refractivity contribution in [2.24, 2.45) is 0 Å². The number of hydrogen-bond donors (Lipinski definition) is 1. The highest BCUT2D eigenvalue weighted by Gasteiger charge is 2.15. The van der Waals surface area contributed by atoms with Gasteiger partial charge in [0, 0.05) is 18.8 Å². The van der Waals surface area contributed by atoms with Crippen LogP contribution in [0.4, 0.5) is 5.69 Å².